The van der Waals surface area contributed by atoms with Gasteiger partial charge < -0.3 is 35.6 Å². The minimum Gasteiger partial charge on any atom is -0.387 e. The standard InChI is InChI=1S/C25H23ClN6O4/c1-12-7-14(22-29-10-18(31-22)25(35)36)9-17-21(12)32-23(30-17)20-16(5-6-27-24(20)34)28-11-19(33)13-3-2-4-15(26)8-13/h2-10,19,25,33,35-36H,11H2,1H3,(H,29,31)(H,30,32)(H2,27,28,34)/t19-/m0/s1. The highest BCUT2D eigenvalue weighted by atomic mass is 35.5. The number of halogens is 1. The molecule has 7 N–H and O–H groups in total. The lowest BCUT2D eigenvalue weighted by Crippen LogP contribution is -2.17. The summed E-state index contributed by atoms with van der Waals surface area (Å²) in [5.41, 5.74) is 4.20. The number of aromatic nitrogens is 5. The third-order valence-corrected chi connectivity index (χ3v) is 6.08. The number of H-pyrrole nitrogens is 3. The molecule has 0 aliphatic rings. The molecule has 5 aromatic rings. The number of aromatic amines is 3. The van der Waals surface area contributed by atoms with Crippen molar-refractivity contribution in [1.29, 1.82) is 0 Å². The lowest BCUT2D eigenvalue weighted by molar-refractivity contribution is -0.0455. The maximum absolute atomic E-state index is 12.8. The Kier molecular flexibility index (Phi) is 6.33. The number of aliphatic hydroxyl groups is 3. The first-order chi connectivity index (χ1) is 17.3. The van der Waals surface area contributed by atoms with Crippen molar-refractivity contribution in [3.63, 3.8) is 0 Å². The van der Waals surface area contributed by atoms with E-state index in [1.165, 1.54) is 12.4 Å². The summed E-state index contributed by atoms with van der Waals surface area (Å²) in [5.74, 6) is 0.826. The summed E-state index contributed by atoms with van der Waals surface area (Å²) >= 11 is 6.03. The normalized spacial score (nSPS) is 12.4. The van der Waals surface area contributed by atoms with Crippen molar-refractivity contribution in [3.8, 4) is 22.8 Å². The summed E-state index contributed by atoms with van der Waals surface area (Å²) in [5, 5.41) is 33.0. The lowest BCUT2D eigenvalue weighted by Gasteiger charge is -2.15. The van der Waals surface area contributed by atoms with Gasteiger partial charge in [0, 0.05) is 23.3 Å². The number of anilines is 1. The van der Waals surface area contributed by atoms with Crippen LogP contribution in [0.5, 0.6) is 0 Å². The van der Waals surface area contributed by atoms with Gasteiger partial charge >= 0.3 is 0 Å². The molecule has 0 spiro atoms. The SMILES string of the molecule is Cc1cc(-c2ncc(C(O)O)[nH]2)cc2[nH]c(-c3c(NC[C@H](O)c4cccc(Cl)c4)cc[nH]c3=O)nc12. The summed E-state index contributed by atoms with van der Waals surface area (Å²) < 4.78 is 0. The van der Waals surface area contributed by atoms with Crippen LogP contribution in [0.15, 0.2) is 59.7 Å². The van der Waals surface area contributed by atoms with E-state index in [0.29, 0.717) is 50.1 Å². The smallest absolute Gasteiger partial charge is 0.261 e. The molecular formula is C25H23ClN6O4. The molecule has 3 aromatic heterocycles. The van der Waals surface area contributed by atoms with Gasteiger partial charge in [-0.3, -0.25) is 4.79 Å². The molecule has 2 aromatic carbocycles. The van der Waals surface area contributed by atoms with Crippen LogP contribution < -0.4 is 10.9 Å². The number of aliphatic hydroxyl groups excluding tert-OH is 2. The van der Waals surface area contributed by atoms with Crippen molar-refractivity contribution in [2.75, 3.05) is 11.9 Å². The first kappa shape index (κ1) is 23.8. The third kappa shape index (κ3) is 4.62. The zero-order chi connectivity index (χ0) is 25.4. The van der Waals surface area contributed by atoms with E-state index in [1.54, 1.807) is 30.3 Å². The highest BCUT2D eigenvalue weighted by Crippen LogP contribution is 2.30. The second-order valence-corrected chi connectivity index (χ2v) is 8.82. The number of pyridine rings is 1. The van der Waals surface area contributed by atoms with Gasteiger partial charge in [0.05, 0.1) is 34.7 Å². The molecule has 11 heteroatoms. The highest BCUT2D eigenvalue weighted by molar-refractivity contribution is 6.30. The Balaban J connectivity index is 1.48. The van der Waals surface area contributed by atoms with Crippen LogP contribution >= 0.6 is 11.6 Å². The van der Waals surface area contributed by atoms with Crippen molar-refractivity contribution < 1.29 is 15.3 Å². The van der Waals surface area contributed by atoms with E-state index in [-0.39, 0.29) is 17.8 Å². The van der Waals surface area contributed by atoms with Gasteiger partial charge in [0.1, 0.15) is 17.2 Å². The zero-order valence-electron chi connectivity index (χ0n) is 19.1. The van der Waals surface area contributed by atoms with Crippen LogP contribution in [0.2, 0.25) is 5.02 Å². The number of rotatable bonds is 7. The van der Waals surface area contributed by atoms with E-state index in [0.717, 1.165) is 5.56 Å². The lowest BCUT2D eigenvalue weighted by atomic mass is 10.1. The van der Waals surface area contributed by atoms with Crippen molar-refractivity contribution in [2.24, 2.45) is 0 Å². The quantitative estimate of drug-likeness (QED) is 0.166. The molecule has 0 aliphatic carbocycles. The van der Waals surface area contributed by atoms with Crippen LogP contribution in [0.1, 0.15) is 29.2 Å². The molecule has 184 valence electrons. The van der Waals surface area contributed by atoms with Crippen LogP contribution in [-0.4, -0.2) is 46.8 Å². The second-order valence-electron chi connectivity index (χ2n) is 8.38. The summed E-state index contributed by atoms with van der Waals surface area (Å²) in [6.07, 6.45) is 0.391. The molecule has 0 amide bonds. The fourth-order valence-electron chi connectivity index (χ4n) is 4.06. The zero-order valence-corrected chi connectivity index (χ0v) is 19.8. The summed E-state index contributed by atoms with van der Waals surface area (Å²) in [4.78, 5) is 30.5. The minimum absolute atomic E-state index is 0.151. The van der Waals surface area contributed by atoms with Crippen molar-refractivity contribution in [2.45, 2.75) is 19.3 Å². The van der Waals surface area contributed by atoms with E-state index >= 15 is 0 Å². The van der Waals surface area contributed by atoms with E-state index < -0.39 is 12.4 Å². The number of aryl methyl sites for hydroxylation is 1. The van der Waals surface area contributed by atoms with Crippen LogP contribution in [0.25, 0.3) is 33.8 Å². The maximum atomic E-state index is 12.8. The summed E-state index contributed by atoms with van der Waals surface area (Å²) in [6, 6.07) is 12.4. The predicted molar refractivity (Wildman–Crippen MR) is 137 cm³/mol. The van der Waals surface area contributed by atoms with Gasteiger partial charge in [0.15, 0.2) is 6.29 Å². The van der Waals surface area contributed by atoms with Gasteiger partial charge in [-0.15, -0.1) is 0 Å². The molecule has 1 atom stereocenters. The second kappa shape index (κ2) is 9.59. The van der Waals surface area contributed by atoms with Crippen LogP contribution in [-0.2, 0) is 0 Å². The Labute approximate surface area is 209 Å². The molecule has 0 bridgehead atoms. The number of imidazole rings is 2. The van der Waals surface area contributed by atoms with Gasteiger partial charge in [0.2, 0.25) is 0 Å². The highest BCUT2D eigenvalue weighted by Gasteiger charge is 2.18. The first-order valence-corrected chi connectivity index (χ1v) is 11.5. The number of fused-ring (bicyclic) bond motifs is 1. The first-order valence-electron chi connectivity index (χ1n) is 11.1. The Bertz CT molecular complexity index is 1610. The average Bonchev–Trinajstić information content (AvgIpc) is 3.50. The molecule has 0 radical (unpaired) electrons. The topological polar surface area (TPSA) is 163 Å². The van der Waals surface area contributed by atoms with Crippen LogP contribution in [0.3, 0.4) is 0 Å². The molecule has 0 unspecified atom stereocenters. The average molecular weight is 507 g/mol. The Morgan fingerprint density at radius 3 is 2.67 bits per heavy atom. The molecule has 0 fully saturated rings. The fraction of sp³-hybridized carbons (Fsp3) is 0.160. The van der Waals surface area contributed by atoms with Crippen LogP contribution in [0.4, 0.5) is 5.69 Å². The van der Waals surface area contributed by atoms with E-state index in [1.807, 2.05) is 19.1 Å². The molecule has 5 rings (SSSR count). The largest absolute Gasteiger partial charge is 0.387 e. The molecule has 0 aliphatic heterocycles. The summed E-state index contributed by atoms with van der Waals surface area (Å²) in [6.45, 7) is 2.04. The molecule has 3 heterocycles. The molecular weight excluding hydrogens is 484 g/mol. The number of hydrogen-bond donors (Lipinski definition) is 7. The number of nitrogens with zero attached hydrogens (tertiary/aromatic N) is 2. The van der Waals surface area contributed by atoms with Gasteiger partial charge in [0.25, 0.3) is 5.56 Å². The van der Waals surface area contributed by atoms with E-state index in [2.05, 4.69) is 30.2 Å². The summed E-state index contributed by atoms with van der Waals surface area (Å²) in [7, 11) is 0. The fourth-order valence-corrected chi connectivity index (χ4v) is 4.26. The Morgan fingerprint density at radius 1 is 1.08 bits per heavy atom. The van der Waals surface area contributed by atoms with Crippen molar-refractivity contribution >= 4 is 28.3 Å². The molecule has 36 heavy (non-hydrogen) atoms. The van der Waals surface area contributed by atoms with Gasteiger partial charge in [-0.2, -0.15) is 0 Å². The molecule has 0 saturated heterocycles. The predicted octanol–water partition coefficient (Wildman–Crippen LogP) is 3.40. The van der Waals surface area contributed by atoms with Gasteiger partial charge in [-0.05, 0) is 48.4 Å². The van der Waals surface area contributed by atoms with Crippen molar-refractivity contribution in [3.05, 3.63) is 87.1 Å². The number of benzene rings is 2. The number of nitrogens with one attached hydrogen (secondary N) is 4. The van der Waals surface area contributed by atoms with E-state index in [9.17, 15) is 20.1 Å². The maximum Gasteiger partial charge on any atom is 0.261 e. The Morgan fingerprint density at radius 2 is 1.92 bits per heavy atom. The third-order valence-electron chi connectivity index (χ3n) is 5.84. The monoisotopic (exact) mass is 506 g/mol. The minimum atomic E-state index is -1.65. The van der Waals surface area contributed by atoms with Crippen LogP contribution in [0, 0.1) is 6.92 Å². The number of hydrogen-bond acceptors (Lipinski definition) is 7. The van der Waals surface area contributed by atoms with Gasteiger partial charge in [-0.1, -0.05) is 23.7 Å². The molecule has 10 nitrogen and oxygen atoms in total. The van der Waals surface area contributed by atoms with Crippen molar-refractivity contribution in [1.82, 2.24) is 24.9 Å². The Hall–Kier alpha value is -3.96. The molecule has 0 saturated carbocycles. The van der Waals surface area contributed by atoms with E-state index in [4.69, 9.17) is 11.6 Å². The van der Waals surface area contributed by atoms with Gasteiger partial charge in [-0.25, -0.2) is 9.97 Å².